The van der Waals surface area contributed by atoms with Crippen LogP contribution in [0.4, 0.5) is 0 Å². The summed E-state index contributed by atoms with van der Waals surface area (Å²) in [7, 11) is 2.24. The Hall–Kier alpha value is -1.63. The molecule has 2 saturated carbocycles. The molecule has 124 valence electrons. The summed E-state index contributed by atoms with van der Waals surface area (Å²) in [5, 5.41) is 12.1. The monoisotopic (exact) mass is 336 g/mol. The van der Waals surface area contributed by atoms with Gasteiger partial charge in [-0.25, -0.2) is 0 Å². The first-order valence-electron chi connectivity index (χ1n) is 8.96. The Balaban J connectivity index is 1.59. The highest BCUT2D eigenvalue weighted by Gasteiger charge is 2.49. The first-order chi connectivity index (χ1) is 11.8. The number of rotatable bonds is 7. The van der Waals surface area contributed by atoms with E-state index >= 15 is 0 Å². The van der Waals surface area contributed by atoms with E-state index in [1.165, 1.54) is 29.7 Å². The molecular weight excluding hydrogens is 312 g/mol. The van der Waals surface area contributed by atoms with Crippen LogP contribution in [-0.2, 0) is 0 Å². The lowest BCUT2D eigenvalue weighted by atomic mass is 9.87. The fraction of sp³-hybridized carbons (Fsp3) is 0.476. The summed E-state index contributed by atoms with van der Waals surface area (Å²) < 4.78 is 0. The molecule has 2 nitrogen and oxygen atoms in total. The largest absolute Gasteiger partial charge is 0.301 e. The third-order valence-electron chi connectivity index (χ3n) is 5.58. The lowest BCUT2D eigenvalue weighted by molar-refractivity contribution is 0.194. The van der Waals surface area contributed by atoms with E-state index in [0.29, 0.717) is 17.9 Å². The molecule has 4 rings (SSSR count). The second kappa shape index (κ2) is 6.70. The molecule has 0 saturated heterocycles. The standard InChI is InChI=1S/C21H24N2S/c1-23(14-15-9-10-15)21(18-12-17(18)20-8-5-11-24-20)19(13-22)16-6-3-2-4-7-16/h2-8,11,15,17-19,21H,9-10,12,14H2,1H3. The summed E-state index contributed by atoms with van der Waals surface area (Å²) in [5.74, 6) is 2.07. The van der Waals surface area contributed by atoms with Gasteiger partial charge in [0.05, 0.1) is 12.0 Å². The van der Waals surface area contributed by atoms with E-state index in [-0.39, 0.29) is 5.92 Å². The molecule has 4 atom stereocenters. The molecule has 4 unspecified atom stereocenters. The van der Waals surface area contributed by atoms with Gasteiger partial charge in [0, 0.05) is 17.5 Å². The molecule has 3 heteroatoms. The van der Waals surface area contributed by atoms with Crippen LogP contribution in [-0.4, -0.2) is 24.5 Å². The van der Waals surface area contributed by atoms with Gasteiger partial charge >= 0.3 is 0 Å². The van der Waals surface area contributed by atoms with Crippen LogP contribution < -0.4 is 0 Å². The maximum atomic E-state index is 9.97. The van der Waals surface area contributed by atoms with Crippen LogP contribution in [0.3, 0.4) is 0 Å². The molecule has 0 amide bonds. The quantitative estimate of drug-likeness (QED) is 0.721. The third-order valence-corrected chi connectivity index (χ3v) is 6.58. The first kappa shape index (κ1) is 15.9. The number of hydrogen-bond acceptors (Lipinski definition) is 3. The van der Waals surface area contributed by atoms with Gasteiger partial charge in [0.2, 0.25) is 0 Å². The van der Waals surface area contributed by atoms with Crippen molar-refractivity contribution in [1.29, 1.82) is 5.26 Å². The summed E-state index contributed by atoms with van der Waals surface area (Å²) in [6.07, 6.45) is 3.95. The Labute approximate surface area is 148 Å². The lowest BCUT2D eigenvalue weighted by Crippen LogP contribution is -2.40. The Morgan fingerprint density at radius 3 is 2.62 bits per heavy atom. The zero-order valence-electron chi connectivity index (χ0n) is 14.1. The van der Waals surface area contributed by atoms with Gasteiger partial charge in [-0.15, -0.1) is 11.3 Å². The Kier molecular flexibility index (Phi) is 4.43. The van der Waals surface area contributed by atoms with Gasteiger partial charge < -0.3 is 4.90 Å². The van der Waals surface area contributed by atoms with E-state index in [4.69, 9.17) is 0 Å². The van der Waals surface area contributed by atoms with E-state index in [0.717, 1.165) is 12.5 Å². The molecule has 2 aliphatic rings. The average Bonchev–Trinajstić information content (AvgIpc) is 3.53. The summed E-state index contributed by atoms with van der Waals surface area (Å²) in [4.78, 5) is 3.99. The topological polar surface area (TPSA) is 27.0 Å². The van der Waals surface area contributed by atoms with Gasteiger partial charge in [0.25, 0.3) is 0 Å². The molecule has 1 aromatic heterocycles. The van der Waals surface area contributed by atoms with E-state index in [9.17, 15) is 5.26 Å². The minimum Gasteiger partial charge on any atom is -0.301 e. The van der Waals surface area contributed by atoms with Crippen LogP contribution in [0, 0.1) is 23.2 Å². The van der Waals surface area contributed by atoms with Crippen molar-refractivity contribution in [3.63, 3.8) is 0 Å². The van der Waals surface area contributed by atoms with Crippen molar-refractivity contribution in [3.8, 4) is 6.07 Å². The van der Waals surface area contributed by atoms with Crippen molar-refractivity contribution in [1.82, 2.24) is 4.90 Å². The van der Waals surface area contributed by atoms with Crippen molar-refractivity contribution in [2.24, 2.45) is 11.8 Å². The molecule has 0 spiro atoms. The molecular formula is C21H24N2S. The highest BCUT2D eigenvalue weighted by atomic mass is 32.1. The van der Waals surface area contributed by atoms with Crippen molar-refractivity contribution in [3.05, 3.63) is 58.3 Å². The number of likely N-dealkylation sites (N-methyl/N-ethyl adjacent to an activating group) is 1. The van der Waals surface area contributed by atoms with Crippen molar-refractivity contribution in [2.45, 2.75) is 37.1 Å². The number of nitriles is 1. The van der Waals surface area contributed by atoms with Gasteiger partial charge in [0.1, 0.15) is 0 Å². The van der Waals surface area contributed by atoms with Gasteiger partial charge in [-0.3, -0.25) is 0 Å². The fourth-order valence-electron chi connectivity index (χ4n) is 4.09. The zero-order chi connectivity index (χ0) is 16.5. The predicted octanol–water partition coefficient (Wildman–Crippen LogP) is 4.87. The number of benzene rings is 1. The maximum Gasteiger partial charge on any atom is 0.0870 e. The van der Waals surface area contributed by atoms with Crippen LogP contribution in [0.5, 0.6) is 0 Å². The Bertz CT molecular complexity index is 699. The van der Waals surface area contributed by atoms with Gasteiger partial charge in [-0.1, -0.05) is 36.4 Å². The highest BCUT2D eigenvalue weighted by molar-refractivity contribution is 7.10. The number of thiophene rings is 1. The van der Waals surface area contributed by atoms with Crippen molar-refractivity contribution >= 4 is 11.3 Å². The highest BCUT2D eigenvalue weighted by Crippen LogP contribution is 2.54. The molecule has 0 radical (unpaired) electrons. The SMILES string of the molecule is CN(CC1CC1)C(C(C#N)c1ccccc1)C1CC1c1cccs1. The molecule has 2 aliphatic carbocycles. The molecule has 0 N–H and O–H groups in total. The minimum absolute atomic E-state index is 0.0371. The molecule has 1 heterocycles. The van der Waals surface area contributed by atoms with Crippen molar-refractivity contribution in [2.75, 3.05) is 13.6 Å². The maximum absolute atomic E-state index is 9.97. The predicted molar refractivity (Wildman–Crippen MR) is 99.1 cm³/mol. The Morgan fingerprint density at radius 2 is 2.00 bits per heavy atom. The molecule has 0 aliphatic heterocycles. The van der Waals surface area contributed by atoms with E-state index in [1.54, 1.807) is 0 Å². The third kappa shape index (κ3) is 3.27. The van der Waals surface area contributed by atoms with E-state index in [1.807, 2.05) is 17.4 Å². The number of nitrogens with zero attached hydrogens (tertiary/aromatic N) is 2. The van der Waals surface area contributed by atoms with Crippen LogP contribution in [0.15, 0.2) is 47.8 Å². The van der Waals surface area contributed by atoms with Crippen LogP contribution in [0.1, 0.15) is 41.5 Å². The molecule has 24 heavy (non-hydrogen) atoms. The smallest absolute Gasteiger partial charge is 0.0870 e. The van der Waals surface area contributed by atoms with E-state index in [2.05, 4.69) is 59.8 Å². The summed E-state index contributed by atoms with van der Waals surface area (Å²) in [5.41, 5.74) is 1.17. The molecule has 1 aromatic carbocycles. The molecule has 2 aromatic rings. The van der Waals surface area contributed by atoms with Crippen LogP contribution >= 0.6 is 11.3 Å². The number of hydrogen-bond donors (Lipinski definition) is 0. The second-order valence-corrected chi connectivity index (χ2v) is 8.39. The van der Waals surface area contributed by atoms with Gasteiger partial charge in [0.15, 0.2) is 0 Å². The zero-order valence-corrected chi connectivity index (χ0v) is 15.0. The van der Waals surface area contributed by atoms with E-state index < -0.39 is 0 Å². The molecule has 2 fully saturated rings. The van der Waals surface area contributed by atoms with Crippen LogP contribution in [0.2, 0.25) is 0 Å². The fourth-order valence-corrected chi connectivity index (χ4v) is 5.01. The molecule has 0 bridgehead atoms. The second-order valence-electron chi connectivity index (χ2n) is 7.41. The average molecular weight is 337 g/mol. The van der Waals surface area contributed by atoms with Gasteiger partial charge in [-0.2, -0.15) is 5.26 Å². The summed E-state index contributed by atoms with van der Waals surface area (Å²) >= 11 is 1.87. The first-order valence-corrected chi connectivity index (χ1v) is 9.84. The van der Waals surface area contributed by atoms with Gasteiger partial charge in [-0.05, 0) is 61.1 Å². The Morgan fingerprint density at radius 1 is 1.21 bits per heavy atom. The summed E-state index contributed by atoms with van der Waals surface area (Å²) in [6, 6.07) is 17.8. The summed E-state index contributed by atoms with van der Waals surface area (Å²) in [6.45, 7) is 1.14. The minimum atomic E-state index is -0.0371. The lowest BCUT2D eigenvalue weighted by Gasteiger charge is -2.32. The van der Waals surface area contributed by atoms with Crippen LogP contribution in [0.25, 0.3) is 0 Å². The van der Waals surface area contributed by atoms with Crippen molar-refractivity contribution < 1.29 is 0 Å². The normalized spacial score (nSPS) is 25.2.